The van der Waals surface area contributed by atoms with Gasteiger partial charge in [0.25, 0.3) is 0 Å². The Morgan fingerprint density at radius 2 is 1.42 bits per heavy atom. The molecule has 1 aromatic heterocycles. The fourth-order valence-corrected chi connectivity index (χ4v) is 6.11. The molecule has 9 nitrogen and oxygen atoms in total. The molecule has 9 heteroatoms. The van der Waals surface area contributed by atoms with Crippen LogP contribution in [0, 0.1) is 0 Å². The molecule has 2 amide bonds. The monoisotopic (exact) mass is 608 g/mol. The number of aromatic nitrogens is 2. The molecule has 234 valence electrons. The van der Waals surface area contributed by atoms with Crippen LogP contribution in [-0.4, -0.2) is 63.8 Å². The molecule has 1 aliphatic heterocycles. The summed E-state index contributed by atoms with van der Waals surface area (Å²) in [5.74, 6) is -0.858. The normalized spacial score (nSPS) is 15.7. The lowest BCUT2D eigenvalue weighted by atomic mass is 9.77. The van der Waals surface area contributed by atoms with Gasteiger partial charge < -0.3 is 24.3 Å². The van der Waals surface area contributed by atoms with E-state index in [0.29, 0.717) is 25.1 Å². The molecule has 45 heavy (non-hydrogen) atoms. The first-order chi connectivity index (χ1) is 21.6. The third-order valence-electron chi connectivity index (χ3n) is 8.01. The first kappa shape index (κ1) is 31.5. The Balaban J connectivity index is 1.56. The van der Waals surface area contributed by atoms with E-state index in [-0.39, 0.29) is 12.3 Å². The van der Waals surface area contributed by atoms with Gasteiger partial charge in [-0.2, -0.15) is 0 Å². The number of hydrogen-bond acceptors (Lipinski definition) is 6. The number of nitrogens with one attached hydrogen (secondary N) is 1. The van der Waals surface area contributed by atoms with Crippen LogP contribution < -0.4 is 5.32 Å². The molecular formula is C36H40N4O5. The summed E-state index contributed by atoms with van der Waals surface area (Å²) in [4.78, 5) is 45.7. The average Bonchev–Trinajstić information content (AvgIpc) is 3.72. The maximum Gasteiger partial charge on any atom is 0.408 e. The van der Waals surface area contributed by atoms with Crippen LogP contribution in [0.15, 0.2) is 104 Å². The van der Waals surface area contributed by atoms with Gasteiger partial charge in [-0.1, -0.05) is 91.0 Å². The van der Waals surface area contributed by atoms with Gasteiger partial charge in [-0.15, -0.1) is 0 Å². The zero-order chi connectivity index (χ0) is 32.0. The van der Waals surface area contributed by atoms with Crippen LogP contribution in [0.3, 0.4) is 0 Å². The molecule has 3 aromatic carbocycles. The van der Waals surface area contributed by atoms with Gasteiger partial charge in [-0.05, 0) is 50.3 Å². The Morgan fingerprint density at radius 1 is 0.889 bits per heavy atom. The lowest BCUT2D eigenvalue weighted by molar-refractivity contribution is -0.151. The molecule has 2 atom stereocenters. The first-order valence-corrected chi connectivity index (χ1v) is 15.2. The minimum atomic E-state index is -1.02. The van der Waals surface area contributed by atoms with Crippen LogP contribution >= 0.6 is 0 Å². The zero-order valence-corrected chi connectivity index (χ0v) is 26.2. The maximum atomic E-state index is 14.0. The summed E-state index contributed by atoms with van der Waals surface area (Å²) in [6.07, 6.45) is 4.22. The molecule has 0 unspecified atom stereocenters. The SMILES string of the molecule is COC(=O)[C@@H]1CCCN1C(=O)[C@H](Cc1cn(C(c2ccccc2)(c2ccccc2)c2ccccc2)cn1)NC(=O)OC(C)(C)C. The zero-order valence-electron chi connectivity index (χ0n) is 26.2. The Kier molecular flexibility index (Phi) is 9.37. The summed E-state index contributed by atoms with van der Waals surface area (Å²) in [5, 5.41) is 2.77. The van der Waals surface area contributed by atoms with Crippen LogP contribution in [0.25, 0.3) is 0 Å². The molecule has 0 spiro atoms. The number of rotatable bonds is 9. The molecular weight excluding hydrogens is 568 g/mol. The van der Waals surface area contributed by atoms with Crippen molar-refractivity contribution >= 4 is 18.0 Å². The van der Waals surface area contributed by atoms with E-state index in [9.17, 15) is 14.4 Å². The van der Waals surface area contributed by atoms with Crippen molar-refractivity contribution in [2.24, 2.45) is 0 Å². The topological polar surface area (TPSA) is 103 Å². The third kappa shape index (κ3) is 6.77. The molecule has 0 radical (unpaired) electrons. The second-order valence-electron chi connectivity index (χ2n) is 12.2. The smallest absolute Gasteiger partial charge is 0.408 e. The van der Waals surface area contributed by atoms with Crippen LogP contribution in [-0.2, 0) is 31.0 Å². The van der Waals surface area contributed by atoms with Crippen molar-refractivity contribution in [1.29, 1.82) is 0 Å². The average molecular weight is 609 g/mol. The molecule has 0 aliphatic carbocycles. The lowest BCUT2D eigenvalue weighted by Crippen LogP contribution is -2.53. The van der Waals surface area contributed by atoms with Crippen molar-refractivity contribution in [2.75, 3.05) is 13.7 Å². The van der Waals surface area contributed by atoms with Gasteiger partial charge in [-0.3, -0.25) is 4.79 Å². The first-order valence-electron chi connectivity index (χ1n) is 15.2. The highest BCUT2D eigenvalue weighted by molar-refractivity contribution is 5.90. The van der Waals surface area contributed by atoms with Crippen LogP contribution in [0.5, 0.6) is 0 Å². The Hall–Kier alpha value is -4.92. The quantitative estimate of drug-likeness (QED) is 0.204. The number of carbonyl (C=O) groups is 3. The number of benzene rings is 3. The van der Waals surface area contributed by atoms with Crippen LogP contribution in [0.1, 0.15) is 56.0 Å². The summed E-state index contributed by atoms with van der Waals surface area (Å²) in [6.45, 7) is 5.66. The second kappa shape index (κ2) is 13.4. The van der Waals surface area contributed by atoms with Crippen LogP contribution in [0.2, 0.25) is 0 Å². The molecule has 0 saturated carbocycles. The van der Waals surface area contributed by atoms with Gasteiger partial charge in [0.15, 0.2) is 0 Å². The molecule has 2 heterocycles. The summed E-state index contributed by atoms with van der Waals surface area (Å²) in [7, 11) is 1.31. The van der Waals surface area contributed by atoms with Gasteiger partial charge in [-0.25, -0.2) is 14.6 Å². The summed E-state index contributed by atoms with van der Waals surface area (Å²) in [5.41, 5.74) is 2.14. The standard InChI is InChI=1S/C36H40N4O5/c1-35(2,3)45-34(43)38-30(32(41)40-22-14-21-31(40)33(42)44-4)23-29-24-39(25-37-29)36(26-15-8-5-9-16-26,27-17-10-6-11-18-27)28-19-12-7-13-20-28/h5-13,15-20,24-25,30-31H,14,21-23H2,1-4H3,(H,38,43)/t30-,31-/m0/s1. The number of amides is 2. The number of hydrogen-bond donors (Lipinski definition) is 1. The summed E-state index contributed by atoms with van der Waals surface area (Å²) >= 11 is 0. The second-order valence-corrected chi connectivity index (χ2v) is 12.2. The van der Waals surface area contributed by atoms with E-state index >= 15 is 0 Å². The van der Waals surface area contributed by atoms with Crippen molar-refractivity contribution in [3.63, 3.8) is 0 Å². The number of alkyl carbamates (subject to hydrolysis) is 1. The molecule has 5 rings (SSSR count). The van der Waals surface area contributed by atoms with Gasteiger partial charge >= 0.3 is 12.1 Å². The maximum absolute atomic E-state index is 14.0. The highest BCUT2D eigenvalue weighted by atomic mass is 16.6. The number of methoxy groups -OCH3 is 1. The Morgan fingerprint density at radius 3 is 1.91 bits per heavy atom. The minimum absolute atomic E-state index is 0.0872. The number of nitrogens with zero attached hydrogens (tertiary/aromatic N) is 3. The Bertz CT molecular complexity index is 1500. The molecule has 1 aliphatic rings. The van der Waals surface area contributed by atoms with E-state index in [4.69, 9.17) is 14.5 Å². The summed E-state index contributed by atoms with van der Waals surface area (Å²) in [6, 6.07) is 28.9. The molecule has 4 aromatic rings. The number of imidazole rings is 1. The predicted molar refractivity (Wildman–Crippen MR) is 170 cm³/mol. The van der Waals surface area contributed by atoms with E-state index in [1.165, 1.54) is 12.0 Å². The number of likely N-dealkylation sites (tertiary alicyclic amines) is 1. The molecule has 1 saturated heterocycles. The summed E-state index contributed by atoms with van der Waals surface area (Å²) < 4.78 is 12.5. The highest BCUT2D eigenvalue weighted by Crippen LogP contribution is 2.40. The van der Waals surface area contributed by atoms with Gasteiger partial charge in [0, 0.05) is 19.2 Å². The fraction of sp³-hybridized carbons (Fsp3) is 0.333. The predicted octanol–water partition coefficient (Wildman–Crippen LogP) is 5.32. The van der Waals surface area contributed by atoms with Gasteiger partial charge in [0.2, 0.25) is 5.91 Å². The largest absolute Gasteiger partial charge is 0.467 e. The number of carbonyl (C=O) groups excluding carboxylic acids is 3. The minimum Gasteiger partial charge on any atom is -0.467 e. The van der Waals surface area contributed by atoms with E-state index in [2.05, 4.69) is 46.3 Å². The fourth-order valence-electron chi connectivity index (χ4n) is 6.11. The third-order valence-corrected chi connectivity index (χ3v) is 8.01. The Labute approximate surface area is 264 Å². The number of ether oxygens (including phenoxy) is 2. The van der Waals surface area contributed by atoms with Gasteiger partial charge in [0.1, 0.15) is 23.2 Å². The van der Waals surface area contributed by atoms with E-state index in [1.54, 1.807) is 27.1 Å². The lowest BCUT2D eigenvalue weighted by Gasteiger charge is -2.37. The molecule has 1 N–H and O–H groups in total. The van der Waals surface area contributed by atoms with Gasteiger partial charge in [0.05, 0.1) is 19.1 Å². The molecule has 0 bridgehead atoms. The van der Waals surface area contributed by atoms with Crippen molar-refractivity contribution in [3.8, 4) is 0 Å². The van der Waals surface area contributed by atoms with E-state index in [1.807, 2.05) is 60.8 Å². The van der Waals surface area contributed by atoms with Crippen molar-refractivity contribution in [2.45, 2.75) is 63.3 Å². The molecule has 1 fully saturated rings. The van der Waals surface area contributed by atoms with Crippen molar-refractivity contribution in [1.82, 2.24) is 19.8 Å². The van der Waals surface area contributed by atoms with Crippen molar-refractivity contribution < 1.29 is 23.9 Å². The van der Waals surface area contributed by atoms with Crippen LogP contribution in [0.4, 0.5) is 4.79 Å². The van der Waals surface area contributed by atoms with E-state index < -0.39 is 35.3 Å². The highest BCUT2D eigenvalue weighted by Gasteiger charge is 2.41. The number of esters is 1. The van der Waals surface area contributed by atoms with Crippen molar-refractivity contribution in [3.05, 3.63) is 126 Å². The van der Waals surface area contributed by atoms with E-state index in [0.717, 1.165) is 16.7 Å².